The third kappa shape index (κ3) is 3.43. The molecule has 1 heterocycles. The Bertz CT molecular complexity index is 331. The Morgan fingerprint density at radius 2 is 2.18 bits per heavy atom. The summed E-state index contributed by atoms with van der Waals surface area (Å²) >= 11 is 0. The van der Waals surface area contributed by atoms with E-state index < -0.39 is 0 Å². The van der Waals surface area contributed by atoms with Crippen LogP contribution in [-0.4, -0.2) is 48.9 Å². The summed E-state index contributed by atoms with van der Waals surface area (Å²) in [6, 6.07) is 0.207. The van der Waals surface area contributed by atoms with Crippen LogP contribution in [0.2, 0.25) is 0 Å². The molecule has 0 aromatic rings. The Hall–Kier alpha value is -1.09. The van der Waals surface area contributed by atoms with Crippen molar-refractivity contribution in [2.75, 3.05) is 27.2 Å². The molecule has 1 aliphatic heterocycles. The lowest BCUT2D eigenvalue weighted by Gasteiger charge is -2.27. The minimum absolute atomic E-state index is 0.161. The van der Waals surface area contributed by atoms with Gasteiger partial charge in [-0.15, -0.1) is 0 Å². The molecule has 0 N–H and O–H groups in total. The number of carbonyl (C=O) groups excluding carboxylic acids is 1. The minimum atomic E-state index is 0.161. The van der Waals surface area contributed by atoms with E-state index in [1.165, 1.54) is 5.57 Å². The normalized spacial score (nSPS) is 21.1. The molecular formula is C14H24N2O. The van der Waals surface area contributed by atoms with E-state index in [0.717, 1.165) is 31.5 Å². The number of likely N-dealkylation sites (N-methyl/N-ethyl adjacent to an activating group) is 1. The highest BCUT2D eigenvalue weighted by Gasteiger charge is 2.29. The molecule has 0 radical (unpaired) electrons. The second kappa shape index (κ2) is 6.01. The first-order valence-electron chi connectivity index (χ1n) is 6.23. The number of hydrogen-bond donors (Lipinski definition) is 0. The van der Waals surface area contributed by atoms with Crippen molar-refractivity contribution >= 4 is 5.91 Å². The average molecular weight is 236 g/mol. The Morgan fingerprint density at radius 1 is 1.53 bits per heavy atom. The lowest BCUT2D eigenvalue weighted by Crippen LogP contribution is -2.36. The Morgan fingerprint density at radius 3 is 2.65 bits per heavy atom. The van der Waals surface area contributed by atoms with E-state index in [0.29, 0.717) is 0 Å². The summed E-state index contributed by atoms with van der Waals surface area (Å²) in [4.78, 5) is 15.6. The smallest absolute Gasteiger partial charge is 0.219 e. The van der Waals surface area contributed by atoms with Gasteiger partial charge in [0.25, 0.3) is 0 Å². The van der Waals surface area contributed by atoms with Crippen molar-refractivity contribution in [2.24, 2.45) is 0 Å². The number of hydrogen-bond acceptors (Lipinski definition) is 2. The van der Waals surface area contributed by atoms with Gasteiger partial charge in [0.05, 0.1) is 6.04 Å². The molecule has 3 nitrogen and oxygen atoms in total. The number of likely N-dealkylation sites (tertiary alicyclic amines) is 1. The van der Waals surface area contributed by atoms with Gasteiger partial charge < -0.3 is 9.80 Å². The second-order valence-corrected chi connectivity index (χ2v) is 4.95. The van der Waals surface area contributed by atoms with Crippen molar-refractivity contribution in [1.29, 1.82) is 0 Å². The lowest BCUT2D eigenvalue weighted by atomic mass is 9.97. The van der Waals surface area contributed by atoms with Gasteiger partial charge in [0.2, 0.25) is 5.91 Å². The van der Waals surface area contributed by atoms with Crippen LogP contribution in [0.15, 0.2) is 23.8 Å². The van der Waals surface area contributed by atoms with Crippen LogP contribution in [0.5, 0.6) is 0 Å². The molecular weight excluding hydrogens is 212 g/mol. The van der Waals surface area contributed by atoms with Crippen molar-refractivity contribution in [2.45, 2.75) is 32.7 Å². The van der Waals surface area contributed by atoms with Gasteiger partial charge in [-0.25, -0.2) is 0 Å². The van der Waals surface area contributed by atoms with Crippen LogP contribution in [0.3, 0.4) is 0 Å². The highest BCUT2D eigenvalue weighted by atomic mass is 16.2. The number of carbonyl (C=O) groups is 1. The van der Waals surface area contributed by atoms with E-state index >= 15 is 0 Å². The number of nitrogens with zero attached hydrogens (tertiary/aromatic N) is 2. The zero-order valence-corrected chi connectivity index (χ0v) is 11.5. The molecule has 1 atom stereocenters. The van der Waals surface area contributed by atoms with Crippen molar-refractivity contribution in [3.8, 4) is 0 Å². The Balaban J connectivity index is 2.77. The lowest BCUT2D eigenvalue weighted by molar-refractivity contribution is -0.129. The van der Waals surface area contributed by atoms with Crippen molar-refractivity contribution in [1.82, 2.24) is 9.80 Å². The third-order valence-electron chi connectivity index (χ3n) is 3.31. The molecule has 0 aromatic carbocycles. The molecule has 1 amide bonds. The molecule has 1 fully saturated rings. The van der Waals surface area contributed by atoms with Gasteiger partial charge in [0.1, 0.15) is 0 Å². The Kier molecular flexibility index (Phi) is 4.94. The van der Waals surface area contributed by atoms with Crippen LogP contribution in [0.25, 0.3) is 0 Å². The molecule has 0 saturated carbocycles. The first kappa shape index (κ1) is 14.0. The van der Waals surface area contributed by atoms with Crippen LogP contribution >= 0.6 is 0 Å². The molecule has 17 heavy (non-hydrogen) atoms. The first-order valence-corrected chi connectivity index (χ1v) is 6.23. The van der Waals surface area contributed by atoms with E-state index in [4.69, 9.17) is 0 Å². The molecule has 0 aliphatic carbocycles. The molecule has 1 unspecified atom stereocenters. The number of amides is 1. The summed E-state index contributed by atoms with van der Waals surface area (Å²) in [6.45, 7) is 9.65. The molecule has 1 aliphatic rings. The fourth-order valence-electron chi connectivity index (χ4n) is 2.44. The maximum absolute atomic E-state index is 11.5. The summed E-state index contributed by atoms with van der Waals surface area (Å²) in [5, 5.41) is 0. The monoisotopic (exact) mass is 236 g/mol. The second-order valence-electron chi connectivity index (χ2n) is 4.95. The molecule has 0 aromatic heterocycles. The van der Waals surface area contributed by atoms with Crippen molar-refractivity contribution in [3.05, 3.63) is 23.8 Å². The summed E-state index contributed by atoms with van der Waals surface area (Å²) in [5.41, 5.74) is 2.35. The molecule has 0 bridgehead atoms. The van der Waals surface area contributed by atoms with Crippen LogP contribution in [0, 0.1) is 0 Å². The van der Waals surface area contributed by atoms with E-state index in [2.05, 4.69) is 17.6 Å². The van der Waals surface area contributed by atoms with Gasteiger partial charge in [-0.2, -0.15) is 0 Å². The van der Waals surface area contributed by atoms with Crippen LogP contribution in [-0.2, 0) is 4.79 Å². The zero-order valence-electron chi connectivity index (χ0n) is 11.5. The maximum Gasteiger partial charge on any atom is 0.219 e. The molecule has 96 valence electrons. The van der Waals surface area contributed by atoms with E-state index in [9.17, 15) is 4.79 Å². The fourth-order valence-corrected chi connectivity index (χ4v) is 2.44. The predicted octanol–water partition coefficient (Wildman–Crippen LogP) is 2.06. The van der Waals surface area contributed by atoms with Crippen LogP contribution in [0.4, 0.5) is 0 Å². The topological polar surface area (TPSA) is 23.6 Å². The number of allylic oxidation sites excluding steroid dienone is 1. The third-order valence-corrected chi connectivity index (χ3v) is 3.31. The predicted molar refractivity (Wildman–Crippen MR) is 71.9 cm³/mol. The zero-order chi connectivity index (χ0) is 13.0. The van der Waals surface area contributed by atoms with E-state index in [1.54, 1.807) is 6.92 Å². The maximum atomic E-state index is 11.5. The van der Waals surface area contributed by atoms with E-state index in [1.807, 2.05) is 25.9 Å². The molecule has 3 heteroatoms. The fraction of sp³-hybridized carbons (Fsp3) is 0.643. The van der Waals surface area contributed by atoms with Gasteiger partial charge >= 0.3 is 0 Å². The van der Waals surface area contributed by atoms with E-state index in [-0.39, 0.29) is 11.9 Å². The van der Waals surface area contributed by atoms with Gasteiger partial charge in [-0.05, 0) is 45.0 Å². The van der Waals surface area contributed by atoms with Crippen molar-refractivity contribution < 1.29 is 4.79 Å². The van der Waals surface area contributed by atoms with Crippen LogP contribution in [0.1, 0.15) is 26.7 Å². The van der Waals surface area contributed by atoms with Gasteiger partial charge in [-0.3, -0.25) is 4.79 Å². The first-order chi connectivity index (χ1) is 7.97. The van der Waals surface area contributed by atoms with Crippen molar-refractivity contribution in [3.63, 3.8) is 0 Å². The summed E-state index contributed by atoms with van der Waals surface area (Å²) in [5.74, 6) is 0.161. The molecule has 1 rings (SSSR count). The standard InChI is InChI=1S/C14H24N2O/c1-6-13(10-15(4)5)11(2)14-8-7-9-16(14)12(3)17/h6,14H,2,7-10H2,1,3-5H3. The quantitative estimate of drug-likeness (QED) is 0.698. The summed E-state index contributed by atoms with van der Waals surface area (Å²) in [7, 11) is 4.10. The van der Waals surface area contributed by atoms with Gasteiger partial charge in [-0.1, -0.05) is 12.7 Å². The summed E-state index contributed by atoms with van der Waals surface area (Å²) < 4.78 is 0. The minimum Gasteiger partial charge on any atom is -0.336 e. The highest BCUT2D eigenvalue weighted by molar-refractivity contribution is 5.74. The molecule has 1 saturated heterocycles. The number of rotatable bonds is 4. The highest BCUT2D eigenvalue weighted by Crippen LogP contribution is 2.27. The summed E-state index contributed by atoms with van der Waals surface area (Å²) in [6.07, 6.45) is 4.24. The van der Waals surface area contributed by atoms with Gasteiger partial charge in [0.15, 0.2) is 0 Å². The van der Waals surface area contributed by atoms with Gasteiger partial charge in [0, 0.05) is 20.0 Å². The largest absolute Gasteiger partial charge is 0.336 e. The molecule has 0 spiro atoms. The Labute approximate surface area is 105 Å². The van der Waals surface area contributed by atoms with Crippen LogP contribution < -0.4 is 0 Å². The average Bonchev–Trinajstić information content (AvgIpc) is 2.73. The SMILES string of the molecule is C=C(C(=CC)CN(C)C)C1CCCN1C(C)=O.